The monoisotopic (exact) mass is 739 g/mol. The number of amides is 8. The SMILES string of the molecule is CC(C)C[C@H](NC(=O)CNC(=O)[C@@H](NC(=O)[C@H](CC(N)=O)NC(=O)[C@@H](NC(=O)[C@H](C)NC(=O)[C@@H]1CCCN1C(=O)[C@H](C)N)C(C)C)C(C)C)C(=O)O. The van der Waals surface area contributed by atoms with E-state index in [1.165, 1.54) is 18.7 Å². The Hall–Kier alpha value is -4.81. The van der Waals surface area contributed by atoms with Crippen molar-refractivity contribution < 1.29 is 48.3 Å². The number of primary amides is 1. The van der Waals surface area contributed by atoms with E-state index in [1.54, 1.807) is 41.5 Å². The summed E-state index contributed by atoms with van der Waals surface area (Å²) >= 11 is 0. The average Bonchev–Trinajstić information content (AvgIpc) is 3.53. The van der Waals surface area contributed by atoms with Gasteiger partial charge in [0.2, 0.25) is 47.3 Å². The van der Waals surface area contributed by atoms with Crippen molar-refractivity contribution in [1.29, 1.82) is 0 Å². The Labute approximate surface area is 303 Å². The van der Waals surface area contributed by atoms with Crippen LogP contribution in [0.15, 0.2) is 0 Å². The maximum atomic E-state index is 13.4. The molecular formula is C33H57N9O10. The van der Waals surface area contributed by atoms with E-state index >= 15 is 0 Å². The molecule has 0 radical (unpaired) electrons. The molecule has 52 heavy (non-hydrogen) atoms. The fraction of sp³-hybridized carbons (Fsp3) is 0.727. The van der Waals surface area contributed by atoms with Crippen molar-refractivity contribution in [2.75, 3.05) is 13.1 Å². The number of nitrogens with two attached hydrogens (primary N) is 2. The number of carboxylic acid groups (broad SMARTS) is 1. The van der Waals surface area contributed by atoms with Crippen LogP contribution < -0.4 is 43.4 Å². The van der Waals surface area contributed by atoms with E-state index in [9.17, 15) is 48.3 Å². The minimum absolute atomic E-state index is 0.0261. The molecule has 0 bridgehead atoms. The van der Waals surface area contributed by atoms with Crippen LogP contribution in [0.1, 0.15) is 81.1 Å². The van der Waals surface area contributed by atoms with Crippen LogP contribution in [0.5, 0.6) is 0 Å². The number of hydrogen-bond acceptors (Lipinski definition) is 10. The van der Waals surface area contributed by atoms with Gasteiger partial charge in [-0.3, -0.25) is 38.4 Å². The highest BCUT2D eigenvalue weighted by Gasteiger charge is 2.37. The Bertz CT molecular complexity index is 1340. The van der Waals surface area contributed by atoms with Gasteiger partial charge in [0.15, 0.2) is 0 Å². The molecule has 0 unspecified atom stereocenters. The third-order valence-electron chi connectivity index (χ3n) is 8.28. The lowest BCUT2D eigenvalue weighted by molar-refractivity contribution is -0.142. The Kier molecular flexibility index (Phi) is 18.2. The van der Waals surface area contributed by atoms with E-state index in [4.69, 9.17) is 11.5 Å². The van der Waals surface area contributed by atoms with Crippen LogP contribution in [0.4, 0.5) is 0 Å². The second-order valence-electron chi connectivity index (χ2n) is 14.2. The molecule has 0 aromatic heterocycles. The highest BCUT2D eigenvalue weighted by atomic mass is 16.4. The maximum Gasteiger partial charge on any atom is 0.326 e. The number of carbonyl (C=O) groups is 9. The number of carbonyl (C=O) groups excluding carboxylic acids is 8. The van der Waals surface area contributed by atoms with Crippen molar-refractivity contribution in [2.45, 2.75) is 123 Å². The van der Waals surface area contributed by atoms with Crippen molar-refractivity contribution >= 4 is 53.2 Å². The zero-order valence-electron chi connectivity index (χ0n) is 31.2. The Morgan fingerprint density at radius 2 is 1.29 bits per heavy atom. The lowest BCUT2D eigenvalue weighted by Gasteiger charge is -2.29. The van der Waals surface area contributed by atoms with Crippen LogP contribution in [-0.4, -0.2) is 119 Å². The summed E-state index contributed by atoms with van der Waals surface area (Å²) in [6.07, 6.45) is 0.475. The molecule has 8 amide bonds. The quantitative estimate of drug-likeness (QED) is 0.0615. The maximum absolute atomic E-state index is 13.4. The molecule has 11 N–H and O–H groups in total. The van der Waals surface area contributed by atoms with E-state index in [0.717, 1.165) is 0 Å². The molecule has 1 aliphatic rings. The zero-order chi connectivity index (χ0) is 40.0. The number of hydrogen-bond donors (Lipinski definition) is 9. The topological polar surface area (TPSA) is 301 Å². The lowest BCUT2D eigenvalue weighted by Crippen LogP contribution is -2.60. The van der Waals surface area contributed by atoms with Crippen LogP contribution in [0.25, 0.3) is 0 Å². The summed E-state index contributed by atoms with van der Waals surface area (Å²) in [5.74, 6) is -8.34. The molecule has 0 aromatic rings. The van der Waals surface area contributed by atoms with E-state index < -0.39 is 120 Å². The first-order valence-corrected chi connectivity index (χ1v) is 17.4. The van der Waals surface area contributed by atoms with Gasteiger partial charge >= 0.3 is 5.97 Å². The van der Waals surface area contributed by atoms with E-state index in [2.05, 4.69) is 31.9 Å². The third-order valence-corrected chi connectivity index (χ3v) is 8.28. The largest absolute Gasteiger partial charge is 0.480 e. The molecule has 1 rings (SSSR count). The number of carboxylic acids is 1. The Morgan fingerprint density at radius 3 is 1.79 bits per heavy atom. The van der Waals surface area contributed by atoms with Gasteiger partial charge in [-0.25, -0.2) is 4.79 Å². The second-order valence-corrected chi connectivity index (χ2v) is 14.2. The first kappa shape index (κ1) is 45.2. The third kappa shape index (κ3) is 14.4. The molecule has 294 valence electrons. The van der Waals surface area contributed by atoms with E-state index in [-0.39, 0.29) is 12.3 Å². The molecule has 19 nitrogen and oxygen atoms in total. The van der Waals surface area contributed by atoms with Gasteiger partial charge in [0, 0.05) is 6.54 Å². The van der Waals surface area contributed by atoms with E-state index in [0.29, 0.717) is 19.4 Å². The van der Waals surface area contributed by atoms with Crippen LogP contribution in [0, 0.1) is 17.8 Å². The van der Waals surface area contributed by atoms with Gasteiger partial charge in [0.1, 0.15) is 36.3 Å². The van der Waals surface area contributed by atoms with Crippen LogP contribution in [-0.2, 0) is 43.2 Å². The highest BCUT2D eigenvalue weighted by molar-refractivity contribution is 5.98. The highest BCUT2D eigenvalue weighted by Crippen LogP contribution is 2.18. The summed E-state index contributed by atoms with van der Waals surface area (Å²) in [4.78, 5) is 115. The Balaban J connectivity index is 2.97. The summed E-state index contributed by atoms with van der Waals surface area (Å²) in [5, 5.41) is 24.0. The molecule has 0 aromatic carbocycles. The summed E-state index contributed by atoms with van der Waals surface area (Å²) < 4.78 is 0. The van der Waals surface area contributed by atoms with Gasteiger partial charge in [-0.1, -0.05) is 41.5 Å². The number of likely N-dealkylation sites (tertiary alicyclic amines) is 1. The number of nitrogens with one attached hydrogen (secondary N) is 6. The van der Waals surface area contributed by atoms with Crippen molar-refractivity contribution in [3.63, 3.8) is 0 Å². The molecule has 0 aliphatic carbocycles. The van der Waals surface area contributed by atoms with Gasteiger partial charge in [-0.05, 0) is 50.9 Å². The molecular weight excluding hydrogens is 682 g/mol. The molecule has 1 heterocycles. The predicted octanol–water partition coefficient (Wildman–Crippen LogP) is -2.80. The van der Waals surface area contributed by atoms with Crippen molar-refractivity contribution in [1.82, 2.24) is 36.8 Å². The fourth-order valence-corrected chi connectivity index (χ4v) is 5.43. The summed E-state index contributed by atoms with van der Waals surface area (Å²) in [6.45, 7) is 12.7. The zero-order valence-corrected chi connectivity index (χ0v) is 31.2. The fourth-order valence-electron chi connectivity index (χ4n) is 5.43. The minimum atomic E-state index is -1.57. The second kappa shape index (κ2) is 20.9. The van der Waals surface area contributed by atoms with Crippen LogP contribution >= 0.6 is 0 Å². The minimum Gasteiger partial charge on any atom is -0.480 e. The number of nitrogens with zero attached hydrogens (tertiary/aromatic N) is 1. The van der Waals surface area contributed by atoms with Gasteiger partial charge in [-0.15, -0.1) is 0 Å². The van der Waals surface area contributed by atoms with Gasteiger partial charge in [0.25, 0.3) is 0 Å². The molecule has 7 atom stereocenters. The Morgan fingerprint density at radius 1 is 0.731 bits per heavy atom. The molecule has 1 aliphatic heterocycles. The first-order chi connectivity index (χ1) is 24.1. The summed E-state index contributed by atoms with van der Waals surface area (Å²) in [5.41, 5.74) is 11.1. The van der Waals surface area contributed by atoms with Crippen LogP contribution in [0.2, 0.25) is 0 Å². The van der Waals surface area contributed by atoms with Gasteiger partial charge in [0.05, 0.1) is 19.0 Å². The van der Waals surface area contributed by atoms with Crippen molar-refractivity contribution in [3.8, 4) is 0 Å². The smallest absolute Gasteiger partial charge is 0.326 e. The normalized spacial score (nSPS) is 17.6. The van der Waals surface area contributed by atoms with Gasteiger partial charge < -0.3 is 53.4 Å². The lowest BCUT2D eigenvalue weighted by atomic mass is 10.0. The van der Waals surface area contributed by atoms with Crippen LogP contribution in [0.3, 0.4) is 0 Å². The first-order valence-electron chi connectivity index (χ1n) is 17.4. The summed E-state index contributed by atoms with van der Waals surface area (Å²) in [6, 6.07) is -7.96. The molecule has 0 spiro atoms. The van der Waals surface area contributed by atoms with Crippen molar-refractivity contribution in [3.05, 3.63) is 0 Å². The average molecular weight is 740 g/mol. The molecule has 1 fully saturated rings. The molecule has 1 saturated heterocycles. The van der Waals surface area contributed by atoms with Crippen molar-refractivity contribution in [2.24, 2.45) is 29.2 Å². The molecule has 19 heteroatoms. The molecule has 0 saturated carbocycles. The summed E-state index contributed by atoms with van der Waals surface area (Å²) in [7, 11) is 0. The standard InChI is InChI=1S/C33H57N9O10/c1-15(2)12-21(33(51)52)38-24(44)14-36-30(48)25(16(3)4)41-28(46)20(13-23(35)43)39-31(49)26(17(5)6)40-27(45)19(8)37-29(47)22-10-9-11-42(22)32(50)18(7)34/h15-22,25-26H,9-14,34H2,1-8H3,(H2,35,43)(H,36,48)(H,37,47)(H,38,44)(H,39,49)(H,40,45)(H,41,46)(H,51,52)/t18-,19-,20-,21-,22-,25-,26-/m0/s1. The number of rotatable bonds is 20. The van der Waals surface area contributed by atoms with Gasteiger partial charge in [-0.2, -0.15) is 0 Å². The van der Waals surface area contributed by atoms with E-state index in [1.807, 2.05) is 0 Å². The number of aliphatic carboxylic acids is 1. The predicted molar refractivity (Wildman–Crippen MR) is 187 cm³/mol.